The van der Waals surface area contributed by atoms with Crippen molar-refractivity contribution in [2.24, 2.45) is 0 Å². The van der Waals surface area contributed by atoms with E-state index in [0.29, 0.717) is 18.0 Å². The number of nitrogens with zero attached hydrogens (tertiary/aromatic N) is 2. The molecule has 0 fully saturated rings. The van der Waals surface area contributed by atoms with Crippen LogP contribution in [0.2, 0.25) is 0 Å². The quantitative estimate of drug-likeness (QED) is 0.845. The Morgan fingerprint density at radius 3 is 2.85 bits per heavy atom. The maximum atomic E-state index is 11.6. The first-order chi connectivity index (χ1) is 9.55. The summed E-state index contributed by atoms with van der Waals surface area (Å²) in [6, 6.07) is 5.74. The monoisotopic (exact) mass is 277 g/mol. The molecule has 1 heterocycles. The van der Waals surface area contributed by atoms with E-state index in [9.17, 15) is 4.79 Å². The van der Waals surface area contributed by atoms with Gasteiger partial charge in [-0.05, 0) is 24.6 Å². The number of esters is 1. The average Bonchev–Trinajstić information content (AvgIpc) is 2.87. The molecule has 6 nitrogen and oxygen atoms in total. The fourth-order valence-corrected chi connectivity index (χ4v) is 1.87. The van der Waals surface area contributed by atoms with Crippen LogP contribution in [0.4, 0.5) is 11.7 Å². The number of hydrogen-bond donors (Lipinski definition) is 1. The van der Waals surface area contributed by atoms with E-state index in [-0.39, 0.29) is 12.0 Å². The molecule has 20 heavy (non-hydrogen) atoms. The minimum atomic E-state index is -0.363. The predicted molar refractivity (Wildman–Crippen MR) is 78.1 cm³/mol. The number of ether oxygens (including phenoxy) is 1. The Morgan fingerprint density at radius 2 is 2.25 bits per heavy atom. The van der Waals surface area contributed by atoms with Crippen molar-refractivity contribution >= 4 is 28.8 Å². The summed E-state index contributed by atoms with van der Waals surface area (Å²) >= 11 is 0. The van der Waals surface area contributed by atoms with Crippen molar-refractivity contribution in [1.82, 2.24) is 4.98 Å². The standard InChI is InChI=1S/C14H19N3O3/c1-5-10(13(18)19-4)15-9-6-7-12-11(8-9)16-14(20-12)17(2)3/h6-8,10,15H,5H2,1-4H3. The summed E-state index contributed by atoms with van der Waals surface area (Å²) in [5.74, 6) is -0.276. The SMILES string of the molecule is CCC(Nc1ccc2oc(N(C)C)nc2c1)C(=O)OC. The van der Waals surface area contributed by atoms with Crippen LogP contribution in [-0.4, -0.2) is 38.2 Å². The van der Waals surface area contributed by atoms with E-state index < -0.39 is 0 Å². The predicted octanol–water partition coefficient (Wildman–Crippen LogP) is 2.26. The summed E-state index contributed by atoms with van der Waals surface area (Å²) in [5.41, 5.74) is 2.28. The van der Waals surface area contributed by atoms with E-state index in [2.05, 4.69) is 10.3 Å². The van der Waals surface area contributed by atoms with Crippen LogP contribution in [0.3, 0.4) is 0 Å². The molecule has 2 aromatic rings. The lowest BCUT2D eigenvalue weighted by atomic mass is 10.2. The van der Waals surface area contributed by atoms with Crippen molar-refractivity contribution in [3.05, 3.63) is 18.2 Å². The first-order valence-electron chi connectivity index (χ1n) is 6.47. The van der Waals surface area contributed by atoms with Gasteiger partial charge < -0.3 is 19.4 Å². The molecule has 0 aliphatic heterocycles. The van der Waals surface area contributed by atoms with Crippen molar-refractivity contribution in [2.75, 3.05) is 31.4 Å². The normalized spacial score (nSPS) is 12.2. The average molecular weight is 277 g/mol. The zero-order valence-corrected chi connectivity index (χ0v) is 12.1. The Morgan fingerprint density at radius 1 is 1.50 bits per heavy atom. The molecule has 2 rings (SSSR count). The number of anilines is 2. The molecular formula is C14H19N3O3. The Bertz CT molecular complexity index is 607. The maximum absolute atomic E-state index is 11.6. The molecule has 0 amide bonds. The maximum Gasteiger partial charge on any atom is 0.328 e. The van der Waals surface area contributed by atoms with Crippen LogP contribution in [0.15, 0.2) is 22.6 Å². The van der Waals surface area contributed by atoms with E-state index in [1.807, 2.05) is 39.2 Å². The summed E-state index contributed by atoms with van der Waals surface area (Å²) in [5, 5.41) is 3.14. The second kappa shape index (κ2) is 5.81. The fraction of sp³-hybridized carbons (Fsp3) is 0.429. The van der Waals surface area contributed by atoms with Crippen molar-refractivity contribution in [2.45, 2.75) is 19.4 Å². The van der Waals surface area contributed by atoms with E-state index in [0.717, 1.165) is 11.2 Å². The van der Waals surface area contributed by atoms with E-state index in [4.69, 9.17) is 9.15 Å². The summed E-state index contributed by atoms with van der Waals surface area (Å²) in [6.07, 6.45) is 0.645. The number of fused-ring (bicyclic) bond motifs is 1. The Kier molecular flexibility index (Phi) is 4.12. The van der Waals surface area contributed by atoms with Crippen molar-refractivity contribution in [1.29, 1.82) is 0 Å². The largest absolute Gasteiger partial charge is 0.467 e. The second-order valence-corrected chi connectivity index (χ2v) is 4.70. The van der Waals surface area contributed by atoms with Gasteiger partial charge in [-0.25, -0.2) is 4.79 Å². The van der Waals surface area contributed by atoms with E-state index in [1.54, 1.807) is 4.90 Å². The molecule has 0 spiro atoms. The molecule has 108 valence electrons. The molecule has 6 heteroatoms. The summed E-state index contributed by atoms with van der Waals surface area (Å²) < 4.78 is 10.3. The van der Waals surface area contributed by atoms with Crippen molar-refractivity contribution < 1.29 is 13.9 Å². The smallest absolute Gasteiger partial charge is 0.328 e. The lowest BCUT2D eigenvalue weighted by Crippen LogP contribution is -2.29. The zero-order valence-electron chi connectivity index (χ0n) is 12.1. The molecule has 0 radical (unpaired) electrons. The highest BCUT2D eigenvalue weighted by Crippen LogP contribution is 2.24. The summed E-state index contributed by atoms with van der Waals surface area (Å²) in [7, 11) is 5.12. The van der Waals surface area contributed by atoms with Crippen LogP contribution < -0.4 is 10.2 Å². The van der Waals surface area contributed by atoms with Gasteiger partial charge in [0, 0.05) is 19.8 Å². The number of aromatic nitrogens is 1. The molecule has 1 aromatic heterocycles. The van der Waals surface area contributed by atoms with Gasteiger partial charge in [-0.2, -0.15) is 4.98 Å². The van der Waals surface area contributed by atoms with Gasteiger partial charge in [0.2, 0.25) is 0 Å². The zero-order chi connectivity index (χ0) is 14.7. The molecule has 0 aliphatic rings. The van der Waals surface area contributed by atoms with Crippen LogP contribution in [0, 0.1) is 0 Å². The molecular weight excluding hydrogens is 258 g/mol. The van der Waals surface area contributed by atoms with Gasteiger partial charge in [0.15, 0.2) is 5.58 Å². The number of carbonyl (C=O) groups is 1. The fourth-order valence-electron chi connectivity index (χ4n) is 1.87. The number of methoxy groups -OCH3 is 1. The molecule has 0 aliphatic carbocycles. The third-order valence-electron chi connectivity index (χ3n) is 2.99. The number of rotatable bonds is 5. The van der Waals surface area contributed by atoms with Gasteiger partial charge >= 0.3 is 5.97 Å². The minimum Gasteiger partial charge on any atom is -0.467 e. The van der Waals surface area contributed by atoms with Gasteiger partial charge in [0.25, 0.3) is 6.01 Å². The van der Waals surface area contributed by atoms with Crippen molar-refractivity contribution in [3.8, 4) is 0 Å². The molecule has 1 unspecified atom stereocenters. The van der Waals surface area contributed by atoms with Crippen LogP contribution in [0.1, 0.15) is 13.3 Å². The van der Waals surface area contributed by atoms with Crippen LogP contribution in [0.25, 0.3) is 11.1 Å². The number of hydrogen-bond acceptors (Lipinski definition) is 6. The minimum absolute atomic E-state index is 0.276. The molecule has 1 atom stereocenters. The second-order valence-electron chi connectivity index (χ2n) is 4.70. The third kappa shape index (κ3) is 2.84. The van der Waals surface area contributed by atoms with Crippen LogP contribution >= 0.6 is 0 Å². The molecule has 0 bridgehead atoms. The van der Waals surface area contributed by atoms with Gasteiger partial charge in [-0.15, -0.1) is 0 Å². The Labute approximate surface area is 117 Å². The highest BCUT2D eigenvalue weighted by atomic mass is 16.5. The lowest BCUT2D eigenvalue weighted by molar-refractivity contribution is -0.141. The number of benzene rings is 1. The highest BCUT2D eigenvalue weighted by Gasteiger charge is 2.17. The van der Waals surface area contributed by atoms with E-state index in [1.165, 1.54) is 7.11 Å². The summed E-state index contributed by atoms with van der Waals surface area (Å²) in [6.45, 7) is 1.92. The van der Waals surface area contributed by atoms with Crippen molar-refractivity contribution in [3.63, 3.8) is 0 Å². The first-order valence-corrected chi connectivity index (χ1v) is 6.47. The Balaban J connectivity index is 2.24. The highest BCUT2D eigenvalue weighted by molar-refractivity contribution is 5.82. The number of carbonyl (C=O) groups excluding carboxylic acids is 1. The molecule has 0 saturated heterocycles. The topological polar surface area (TPSA) is 67.6 Å². The van der Waals surface area contributed by atoms with E-state index >= 15 is 0 Å². The third-order valence-corrected chi connectivity index (χ3v) is 2.99. The van der Waals surface area contributed by atoms with Gasteiger partial charge in [0.1, 0.15) is 11.6 Å². The van der Waals surface area contributed by atoms with Crippen LogP contribution in [-0.2, 0) is 9.53 Å². The number of oxazole rings is 1. The Hall–Kier alpha value is -2.24. The van der Waals surface area contributed by atoms with Gasteiger partial charge in [-0.3, -0.25) is 0 Å². The molecule has 1 N–H and O–H groups in total. The van der Waals surface area contributed by atoms with Crippen LogP contribution in [0.5, 0.6) is 0 Å². The van der Waals surface area contributed by atoms with Gasteiger partial charge in [-0.1, -0.05) is 6.92 Å². The summed E-state index contributed by atoms with van der Waals surface area (Å²) in [4.78, 5) is 17.8. The first kappa shape index (κ1) is 14.2. The van der Waals surface area contributed by atoms with Gasteiger partial charge in [0.05, 0.1) is 7.11 Å². The molecule has 0 saturated carbocycles. The molecule has 1 aromatic carbocycles. The number of nitrogens with one attached hydrogen (secondary N) is 1. The lowest BCUT2D eigenvalue weighted by Gasteiger charge is -2.15.